The van der Waals surface area contributed by atoms with Crippen molar-refractivity contribution >= 4 is 16.9 Å². The van der Waals surface area contributed by atoms with E-state index in [1.165, 1.54) is 0 Å². The summed E-state index contributed by atoms with van der Waals surface area (Å²) in [7, 11) is 1.63. The first kappa shape index (κ1) is 16.0. The lowest BCUT2D eigenvalue weighted by atomic mass is 10.0. The third kappa shape index (κ3) is 3.83. The molecule has 0 unspecified atom stereocenters. The van der Waals surface area contributed by atoms with Crippen molar-refractivity contribution in [3.63, 3.8) is 0 Å². The molecule has 22 heavy (non-hydrogen) atoms. The third-order valence-corrected chi connectivity index (χ3v) is 3.94. The van der Waals surface area contributed by atoms with Crippen LogP contribution in [0.4, 0.5) is 0 Å². The van der Waals surface area contributed by atoms with Crippen molar-refractivity contribution < 1.29 is 4.74 Å². The van der Waals surface area contributed by atoms with E-state index >= 15 is 0 Å². The average Bonchev–Trinajstić information content (AvgIpc) is 3.05. The van der Waals surface area contributed by atoms with E-state index in [4.69, 9.17) is 9.72 Å². The number of nitrogens with zero attached hydrogens (tertiary/aromatic N) is 1. The molecular formula is C19H19NOS. The van der Waals surface area contributed by atoms with Crippen LogP contribution in [-0.2, 0) is 4.74 Å². The topological polar surface area (TPSA) is 22.1 Å². The highest BCUT2D eigenvalue weighted by atomic mass is 32.1. The second-order valence-electron chi connectivity index (χ2n) is 4.52. The number of ether oxygens (including phenoxy) is 1. The van der Waals surface area contributed by atoms with Crippen molar-refractivity contribution in [2.45, 2.75) is 6.92 Å². The molecule has 0 spiro atoms. The molecule has 0 atom stereocenters. The lowest BCUT2D eigenvalue weighted by Crippen LogP contribution is -1.87. The first-order chi connectivity index (χ1) is 10.8. The molecule has 0 saturated heterocycles. The van der Waals surface area contributed by atoms with Gasteiger partial charge in [-0.3, -0.25) is 0 Å². The Morgan fingerprint density at radius 3 is 2.64 bits per heavy atom. The number of benzene rings is 1. The number of hydrogen-bond donors (Lipinski definition) is 0. The first-order valence-corrected chi connectivity index (χ1v) is 7.88. The Morgan fingerprint density at radius 2 is 2.00 bits per heavy atom. The van der Waals surface area contributed by atoms with E-state index in [0.29, 0.717) is 0 Å². The lowest BCUT2D eigenvalue weighted by molar-refractivity contribution is 0.338. The van der Waals surface area contributed by atoms with Gasteiger partial charge < -0.3 is 4.74 Å². The fraction of sp³-hybridized carbons (Fsp3) is 0.105. The van der Waals surface area contributed by atoms with Gasteiger partial charge in [0.05, 0.1) is 19.1 Å². The van der Waals surface area contributed by atoms with Crippen LogP contribution in [-0.4, -0.2) is 12.1 Å². The van der Waals surface area contributed by atoms with Crippen LogP contribution in [0, 0.1) is 0 Å². The molecule has 1 aromatic heterocycles. The van der Waals surface area contributed by atoms with Gasteiger partial charge in [0.2, 0.25) is 0 Å². The molecular weight excluding hydrogens is 290 g/mol. The van der Waals surface area contributed by atoms with Crippen LogP contribution in [0.25, 0.3) is 16.1 Å². The Hall–Kier alpha value is -2.39. The summed E-state index contributed by atoms with van der Waals surface area (Å²) in [5.41, 5.74) is 4.08. The van der Waals surface area contributed by atoms with E-state index in [0.717, 1.165) is 27.4 Å². The second kappa shape index (κ2) is 8.15. The minimum atomic E-state index is 0.942. The minimum absolute atomic E-state index is 0.942. The molecule has 0 amide bonds. The molecule has 0 aliphatic carbocycles. The molecule has 2 rings (SSSR count). The summed E-state index contributed by atoms with van der Waals surface area (Å²) in [4.78, 5) is 4.76. The number of methoxy groups -OCH3 is 1. The van der Waals surface area contributed by atoms with Gasteiger partial charge in [-0.15, -0.1) is 11.3 Å². The van der Waals surface area contributed by atoms with Gasteiger partial charge in [-0.2, -0.15) is 0 Å². The van der Waals surface area contributed by atoms with Crippen molar-refractivity contribution in [3.8, 4) is 10.6 Å². The molecule has 2 aromatic rings. The highest BCUT2D eigenvalue weighted by molar-refractivity contribution is 7.13. The van der Waals surface area contributed by atoms with Crippen LogP contribution < -0.4 is 0 Å². The summed E-state index contributed by atoms with van der Waals surface area (Å²) in [5.74, 6) is 0. The monoisotopic (exact) mass is 309 g/mol. The summed E-state index contributed by atoms with van der Waals surface area (Å²) in [5, 5.41) is 3.08. The third-order valence-electron chi connectivity index (χ3n) is 3.05. The maximum atomic E-state index is 5.01. The number of hydrogen-bond acceptors (Lipinski definition) is 3. The van der Waals surface area contributed by atoms with Crippen LogP contribution in [0.5, 0.6) is 0 Å². The van der Waals surface area contributed by atoms with Gasteiger partial charge in [0.15, 0.2) is 0 Å². The maximum Gasteiger partial charge on any atom is 0.124 e. The van der Waals surface area contributed by atoms with Gasteiger partial charge in [0.25, 0.3) is 0 Å². The van der Waals surface area contributed by atoms with Gasteiger partial charge in [0.1, 0.15) is 5.01 Å². The molecule has 0 fully saturated rings. The van der Waals surface area contributed by atoms with Crippen molar-refractivity contribution in [2.75, 3.05) is 7.11 Å². The summed E-state index contributed by atoms with van der Waals surface area (Å²) in [6.45, 7) is 5.88. The summed E-state index contributed by atoms with van der Waals surface area (Å²) in [6, 6.07) is 10.2. The average molecular weight is 309 g/mol. The molecule has 0 N–H and O–H groups in total. The second-order valence-corrected chi connectivity index (χ2v) is 5.37. The van der Waals surface area contributed by atoms with Crippen molar-refractivity contribution in [1.29, 1.82) is 0 Å². The lowest BCUT2D eigenvalue weighted by Gasteiger charge is -2.03. The fourth-order valence-corrected chi connectivity index (χ4v) is 2.84. The van der Waals surface area contributed by atoms with Crippen molar-refractivity contribution in [1.82, 2.24) is 4.98 Å². The summed E-state index contributed by atoms with van der Waals surface area (Å²) < 4.78 is 5.01. The van der Waals surface area contributed by atoms with Gasteiger partial charge in [-0.05, 0) is 18.6 Å². The normalized spacial score (nSPS) is 12.6. The Bertz CT molecular complexity index is 708. The number of thiazole rings is 1. The number of allylic oxidation sites excluding steroid dienone is 6. The van der Waals surface area contributed by atoms with Gasteiger partial charge in [-0.1, -0.05) is 55.1 Å². The zero-order valence-corrected chi connectivity index (χ0v) is 13.6. The van der Waals surface area contributed by atoms with Crippen LogP contribution in [0.15, 0.2) is 78.4 Å². The highest BCUT2D eigenvalue weighted by Crippen LogP contribution is 2.29. The molecule has 0 aliphatic rings. The minimum Gasteiger partial charge on any atom is -0.504 e. The van der Waals surface area contributed by atoms with Crippen molar-refractivity contribution in [2.24, 2.45) is 0 Å². The van der Waals surface area contributed by atoms with Gasteiger partial charge in [0, 0.05) is 16.5 Å². The molecule has 1 heterocycles. The standard InChI is InChI=1S/C19H19NOS/c1-4-9-17(15(5-2)12-13-21-3)18-14-22-19(20-18)16-10-7-6-8-11-16/h4-14H,2H2,1,3H3/b9-4-,13-12+,17-15-. The van der Waals surface area contributed by atoms with E-state index in [1.54, 1.807) is 24.7 Å². The Morgan fingerprint density at radius 1 is 1.23 bits per heavy atom. The zero-order chi connectivity index (χ0) is 15.8. The summed E-state index contributed by atoms with van der Waals surface area (Å²) >= 11 is 1.64. The molecule has 0 radical (unpaired) electrons. The van der Waals surface area contributed by atoms with E-state index in [2.05, 4.69) is 24.1 Å². The Kier molecular flexibility index (Phi) is 5.92. The van der Waals surface area contributed by atoms with Gasteiger partial charge >= 0.3 is 0 Å². The van der Waals surface area contributed by atoms with Crippen LogP contribution >= 0.6 is 11.3 Å². The fourth-order valence-electron chi connectivity index (χ4n) is 2.02. The predicted octanol–water partition coefficient (Wildman–Crippen LogP) is 5.49. The van der Waals surface area contributed by atoms with E-state index in [-0.39, 0.29) is 0 Å². The molecule has 1 aromatic carbocycles. The Labute approximate surface area is 135 Å². The Balaban J connectivity index is 2.46. The molecule has 3 heteroatoms. The molecule has 0 bridgehead atoms. The van der Waals surface area contributed by atoms with E-state index < -0.39 is 0 Å². The predicted molar refractivity (Wildman–Crippen MR) is 95.6 cm³/mol. The van der Waals surface area contributed by atoms with E-state index in [9.17, 15) is 0 Å². The molecule has 0 saturated carbocycles. The number of aromatic nitrogens is 1. The van der Waals surface area contributed by atoms with Crippen LogP contribution in [0.3, 0.4) is 0 Å². The SMILES string of the molecule is C=CC(/C=C/OC)=C(\C=C/C)c1csc(-c2ccccc2)n1. The van der Waals surface area contributed by atoms with Crippen LogP contribution in [0.2, 0.25) is 0 Å². The van der Waals surface area contributed by atoms with Gasteiger partial charge in [-0.25, -0.2) is 4.98 Å². The maximum absolute atomic E-state index is 5.01. The molecule has 0 aliphatic heterocycles. The number of rotatable bonds is 6. The quantitative estimate of drug-likeness (QED) is 0.520. The largest absolute Gasteiger partial charge is 0.504 e. The van der Waals surface area contributed by atoms with Crippen LogP contribution in [0.1, 0.15) is 12.6 Å². The first-order valence-electron chi connectivity index (χ1n) is 7.00. The van der Waals surface area contributed by atoms with Crippen molar-refractivity contribution in [3.05, 3.63) is 84.1 Å². The molecule has 2 nitrogen and oxygen atoms in total. The smallest absolute Gasteiger partial charge is 0.124 e. The zero-order valence-electron chi connectivity index (χ0n) is 12.8. The van der Waals surface area contributed by atoms with E-state index in [1.807, 2.05) is 49.4 Å². The molecule has 112 valence electrons. The summed E-state index contributed by atoms with van der Waals surface area (Å²) in [6.07, 6.45) is 9.39. The highest BCUT2D eigenvalue weighted by Gasteiger charge is 2.09.